The van der Waals surface area contributed by atoms with Crippen LogP contribution < -0.4 is 10.3 Å². The average molecular weight is 259 g/mol. The van der Waals surface area contributed by atoms with Crippen LogP contribution in [0.4, 0.5) is 0 Å². The first-order valence-electron chi connectivity index (χ1n) is 6.03. The maximum Gasteiger partial charge on any atom is 0.256 e. The molecule has 4 heteroatoms. The van der Waals surface area contributed by atoms with E-state index in [4.69, 9.17) is 9.84 Å². The third kappa shape index (κ3) is 2.39. The molecule has 1 aromatic carbocycles. The van der Waals surface area contributed by atoms with Gasteiger partial charge in [0.05, 0.1) is 19.4 Å². The lowest BCUT2D eigenvalue weighted by atomic mass is 10.1. The van der Waals surface area contributed by atoms with E-state index in [1.165, 1.54) is 4.57 Å². The molecule has 0 bridgehead atoms. The molecule has 2 aromatic rings. The number of nitrogens with zero attached hydrogens (tertiary/aromatic N) is 1. The molecule has 1 aromatic heterocycles. The zero-order chi connectivity index (χ0) is 14.0. The zero-order valence-corrected chi connectivity index (χ0v) is 11.3. The van der Waals surface area contributed by atoms with Crippen molar-refractivity contribution in [3.63, 3.8) is 0 Å². The molecule has 0 spiro atoms. The van der Waals surface area contributed by atoms with Crippen LogP contribution in [0.5, 0.6) is 5.75 Å². The number of rotatable bonds is 3. The summed E-state index contributed by atoms with van der Waals surface area (Å²) in [7, 11) is 3.30. The van der Waals surface area contributed by atoms with Crippen LogP contribution in [-0.2, 0) is 13.7 Å². The lowest BCUT2D eigenvalue weighted by Crippen LogP contribution is -2.22. The Balaban J connectivity index is 2.69. The predicted octanol–water partition coefficient (Wildman–Crippen LogP) is 1.86. The van der Waals surface area contributed by atoms with Crippen LogP contribution in [0.3, 0.4) is 0 Å². The van der Waals surface area contributed by atoms with Gasteiger partial charge in [-0.25, -0.2) is 0 Å². The highest BCUT2D eigenvalue weighted by Crippen LogP contribution is 2.29. The summed E-state index contributed by atoms with van der Waals surface area (Å²) in [6.07, 6.45) is 0. The van der Waals surface area contributed by atoms with Crippen LogP contribution >= 0.6 is 0 Å². The quantitative estimate of drug-likeness (QED) is 0.915. The molecule has 1 N–H and O–H groups in total. The Bertz CT molecular complexity index is 659. The summed E-state index contributed by atoms with van der Waals surface area (Å²) < 4.78 is 6.87. The second-order valence-corrected chi connectivity index (χ2v) is 4.47. The summed E-state index contributed by atoms with van der Waals surface area (Å²) >= 11 is 0. The Labute approximate surface area is 111 Å². The van der Waals surface area contributed by atoms with Gasteiger partial charge in [-0.15, -0.1) is 0 Å². The highest BCUT2D eigenvalue weighted by Gasteiger charge is 2.11. The SMILES string of the molecule is COc1ccc(C)cc1-c1ccc(CO)c(=O)n1C. The second kappa shape index (κ2) is 5.28. The van der Waals surface area contributed by atoms with Crippen LogP contribution in [-0.4, -0.2) is 16.8 Å². The van der Waals surface area contributed by atoms with E-state index in [0.717, 1.165) is 22.6 Å². The first kappa shape index (κ1) is 13.4. The molecule has 0 saturated heterocycles. The number of hydrogen-bond donors (Lipinski definition) is 1. The fraction of sp³-hybridized carbons (Fsp3) is 0.267. The molecule has 100 valence electrons. The van der Waals surface area contributed by atoms with Crippen molar-refractivity contribution in [3.8, 4) is 17.0 Å². The molecule has 0 unspecified atom stereocenters. The van der Waals surface area contributed by atoms with E-state index < -0.39 is 0 Å². The van der Waals surface area contributed by atoms with Gasteiger partial charge in [0.2, 0.25) is 0 Å². The minimum Gasteiger partial charge on any atom is -0.496 e. The first-order chi connectivity index (χ1) is 9.08. The number of pyridine rings is 1. The molecular formula is C15H17NO3. The number of aliphatic hydroxyl groups is 1. The van der Waals surface area contributed by atoms with E-state index in [9.17, 15) is 4.79 Å². The van der Waals surface area contributed by atoms with Gasteiger partial charge in [0, 0.05) is 18.2 Å². The molecule has 0 amide bonds. The van der Waals surface area contributed by atoms with Crippen molar-refractivity contribution in [2.24, 2.45) is 7.05 Å². The molecule has 0 atom stereocenters. The van der Waals surface area contributed by atoms with Gasteiger partial charge in [-0.3, -0.25) is 4.79 Å². The third-order valence-corrected chi connectivity index (χ3v) is 3.18. The first-order valence-corrected chi connectivity index (χ1v) is 6.03. The van der Waals surface area contributed by atoms with Crippen molar-refractivity contribution in [2.75, 3.05) is 7.11 Å². The van der Waals surface area contributed by atoms with Crippen molar-refractivity contribution in [1.29, 1.82) is 0 Å². The average Bonchev–Trinajstić information content (AvgIpc) is 2.42. The Kier molecular flexibility index (Phi) is 3.71. The summed E-state index contributed by atoms with van der Waals surface area (Å²) in [6.45, 7) is 1.74. The molecule has 0 aliphatic carbocycles. The van der Waals surface area contributed by atoms with E-state index >= 15 is 0 Å². The van der Waals surface area contributed by atoms with E-state index in [1.807, 2.05) is 31.2 Å². The van der Waals surface area contributed by atoms with Gasteiger partial charge in [0.25, 0.3) is 5.56 Å². The molecule has 0 aliphatic heterocycles. The van der Waals surface area contributed by atoms with Crippen LogP contribution in [0.15, 0.2) is 35.1 Å². The topological polar surface area (TPSA) is 51.5 Å². The molecule has 0 radical (unpaired) electrons. The molecular weight excluding hydrogens is 242 g/mol. The minimum absolute atomic E-state index is 0.191. The van der Waals surface area contributed by atoms with Gasteiger partial charge in [0.1, 0.15) is 5.75 Å². The van der Waals surface area contributed by atoms with Crippen molar-refractivity contribution in [1.82, 2.24) is 4.57 Å². The van der Waals surface area contributed by atoms with Crippen molar-refractivity contribution in [3.05, 3.63) is 51.8 Å². The lowest BCUT2D eigenvalue weighted by molar-refractivity contribution is 0.279. The van der Waals surface area contributed by atoms with Gasteiger partial charge < -0.3 is 14.4 Å². The number of aryl methyl sites for hydroxylation is 1. The van der Waals surface area contributed by atoms with Gasteiger partial charge in [-0.2, -0.15) is 0 Å². The monoisotopic (exact) mass is 259 g/mol. The molecule has 2 rings (SSSR count). The number of ether oxygens (including phenoxy) is 1. The Morgan fingerprint density at radius 2 is 2.00 bits per heavy atom. The smallest absolute Gasteiger partial charge is 0.256 e. The van der Waals surface area contributed by atoms with Crippen molar-refractivity contribution >= 4 is 0 Å². The number of aromatic nitrogens is 1. The standard InChI is InChI=1S/C15H17NO3/c1-10-4-7-14(19-3)12(8-10)13-6-5-11(9-17)15(18)16(13)2/h4-8,17H,9H2,1-3H3. The fourth-order valence-corrected chi connectivity index (χ4v) is 2.10. The maximum absolute atomic E-state index is 12.0. The lowest BCUT2D eigenvalue weighted by Gasteiger charge is -2.14. The molecule has 0 fully saturated rings. The van der Waals surface area contributed by atoms with Gasteiger partial charge >= 0.3 is 0 Å². The highest BCUT2D eigenvalue weighted by atomic mass is 16.5. The fourth-order valence-electron chi connectivity index (χ4n) is 2.10. The number of aliphatic hydroxyl groups excluding tert-OH is 1. The third-order valence-electron chi connectivity index (χ3n) is 3.18. The van der Waals surface area contributed by atoms with Crippen molar-refractivity contribution < 1.29 is 9.84 Å². The zero-order valence-electron chi connectivity index (χ0n) is 11.3. The van der Waals surface area contributed by atoms with E-state index in [-0.39, 0.29) is 12.2 Å². The predicted molar refractivity (Wildman–Crippen MR) is 74.3 cm³/mol. The molecule has 1 heterocycles. The van der Waals surface area contributed by atoms with Crippen molar-refractivity contribution in [2.45, 2.75) is 13.5 Å². The van der Waals surface area contributed by atoms with Crippen LogP contribution in [0.25, 0.3) is 11.3 Å². The number of methoxy groups -OCH3 is 1. The maximum atomic E-state index is 12.0. The highest BCUT2D eigenvalue weighted by molar-refractivity contribution is 5.68. The number of benzene rings is 1. The largest absolute Gasteiger partial charge is 0.496 e. The molecule has 0 aliphatic rings. The summed E-state index contributed by atoms with van der Waals surface area (Å²) in [6, 6.07) is 9.30. The molecule has 0 saturated carbocycles. The second-order valence-electron chi connectivity index (χ2n) is 4.47. The Morgan fingerprint density at radius 1 is 1.26 bits per heavy atom. The van der Waals surface area contributed by atoms with Gasteiger partial charge in [-0.1, -0.05) is 11.6 Å². The van der Waals surface area contributed by atoms with Gasteiger partial charge in [0.15, 0.2) is 0 Å². The van der Waals surface area contributed by atoms with Crippen LogP contribution in [0.1, 0.15) is 11.1 Å². The van der Waals surface area contributed by atoms with Gasteiger partial charge in [-0.05, 0) is 31.2 Å². The van der Waals surface area contributed by atoms with E-state index in [1.54, 1.807) is 20.2 Å². The van der Waals surface area contributed by atoms with E-state index in [2.05, 4.69) is 0 Å². The normalized spacial score (nSPS) is 10.5. The Morgan fingerprint density at radius 3 is 2.63 bits per heavy atom. The Hall–Kier alpha value is -2.07. The summed E-state index contributed by atoms with van der Waals surface area (Å²) in [5.74, 6) is 0.720. The summed E-state index contributed by atoms with van der Waals surface area (Å²) in [4.78, 5) is 12.0. The van der Waals surface area contributed by atoms with Crippen LogP contribution in [0.2, 0.25) is 0 Å². The summed E-state index contributed by atoms with van der Waals surface area (Å²) in [5, 5.41) is 9.11. The molecule has 19 heavy (non-hydrogen) atoms. The summed E-state index contributed by atoms with van der Waals surface area (Å²) in [5.41, 5.74) is 2.92. The molecule has 4 nitrogen and oxygen atoms in total. The minimum atomic E-state index is -0.252. The van der Waals surface area contributed by atoms with E-state index in [0.29, 0.717) is 5.56 Å². The number of hydrogen-bond acceptors (Lipinski definition) is 3. The van der Waals surface area contributed by atoms with Crippen LogP contribution in [0, 0.1) is 6.92 Å².